The minimum absolute atomic E-state index is 0.347. The number of aliphatic hydroxyl groups excluding tert-OH is 1. The summed E-state index contributed by atoms with van der Waals surface area (Å²) < 4.78 is 4.10. The van der Waals surface area contributed by atoms with Crippen LogP contribution in [0.5, 0.6) is 0 Å². The molecule has 0 spiro atoms. The summed E-state index contributed by atoms with van der Waals surface area (Å²) in [5, 5.41) is 23.6. The molecule has 0 aliphatic rings. The van der Waals surface area contributed by atoms with Gasteiger partial charge in [0, 0.05) is 16.3 Å². The van der Waals surface area contributed by atoms with Crippen LogP contribution in [0.15, 0.2) is 121 Å². The van der Waals surface area contributed by atoms with E-state index in [1.165, 1.54) is 21.7 Å². The molecule has 0 aliphatic heterocycles. The topological polar surface area (TPSA) is 55.9 Å². The highest BCUT2D eigenvalue weighted by Gasteiger charge is 2.23. The molecular weight excluding hydrogens is 468 g/mol. The summed E-state index contributed by atoms with van der Waals surface area (Å²) in [4.78, 5) is 0. The molecule has 5 heteroatoms. The summed E-state index contributed by atoms with van der Waals surface area (Å²) in [7, 11) is 0. The molecule has 0 amide bonds. The minimum atomic E-state index is -0.680. The Kier molecular flexibility index (Phi) is 5.49. The van der Waals surface area contributed by atoms with E-state index in [9.17, 15) is 5.11 Å². The Morgan fingerprint density at radius 1 is 0.632 bits per heavy atom. The third-order valence-electron chi connectivity index (χ3n) is 7.25. The molecule has 0 aliphatic carbocycles. The van der Waals surface area contributed by atoms with Gasteiger partial charge in [0.2, 0.25) is 0 Å². The van der Waals surface area contributed by atoms with E-state index >= 15 is 0 Å². The van der Waals surface area contributed by atoms with Crippen LogP contribution in [0.25, 0.3) is 55.1 Å². The van der Waals surface area contributed by atoms with Gasteiger partial charge in [0.05, 0.1) is 35.9 Å². The van der Waals surface area contributed by atoms with E-state index in [1.807, 2.05) is 36.4 Å². The molecule has 5 nitrogen and oxygen atoms in total. The van der Waals surface area contributed by atoms with E-state index in [-0.39, 0.29) is 0 Å². The lowest BCUT2D eigenvalue weighted by Crippen LogP contribution is -2.23. The van der Waals surface area contributed by atoms with Crippen LogP contribution < -0.4 is 0 Å². The van der Waals surface area contributed by atoms with Crippen LogP contribution in [-0.2, 0) is 13.1 Å². The number of hydrogen-bond acceptors (Lipinski definition) is 3. The van der Waals surface area contributed by atoms with Crippen molar-refractivity contribution >= 4 is 32.7 Å². The molecule has 0 radical (unpaired) electrons. The summed E-state index contributed by atoms with van der Waals surface area (Å²) in [5.74, 6) is 0. The highest BCUT2D eigenvalue weighted by molar-refractivity contribution is 6.15. The lowest BCUT2D eigenvalue weighted by molar-refractivity contribution is 0.133. The zero-order valence-corrected chi connectivity index (χ0v) is 20.8. The van der Waals surface area contributed by atoms with Crippen LogP contribution >= 0.6 is 0 Å². The molecule has 1 N–H and O–H groups in total. The Morgan fingerprint density at radius 3 is 2.13 bits per heavy atom. The first-order valence-corrected chi connectivity index (χ1v) is 12.9. The van der Waals surface area contributed by atoms with Crippen molar-refractivity contribution in [1.29, 1.82) is 0 Å². The van der Waals surface area contributed by atoms with E-state index in [1.54, 1.807) is 4.68 Å². The Morgan fingerprint density at radius 2 is 1.32 bits per heavy atom. The van der Waals surface area contributed by atoms with Crippen LogP contribution in [-0.4, -0.2) is 30.8 Å². The maximum absolute atomic E-state index is 11.5. The smallest absolute Gasteiger partial charge is 0.113 e. The lowest BCUT2D eigenvalue weighted by Gasteiger charge is -2.18. The minimum Gasteiger partial charge on any atom is -0.389 e. The molecule has 2 aromatic heterocycles. The van der Waals surface area contributed by atoms with Crippen molar-refractivity contribution in [3.8, 4) is 22.4 Å². The van der Waals surface area contributed by atoms with Crippen LogP contribution in [0.4, 0.5) is 0 Å². The van der Waals surface area contributed by atoms with Crippen LogP contribution in [0.2, 0.25) is 0 Å². The molecule has 0 unspecified atom stereocenters. The number of benzene rings is 5. The molecule has 0 saturated heterocycles. The first-order chi connectivity index (χ1) is 18.8. The van der Waals surface area contributed by atoms with Crippen molar-refractivity contribution in [3.05, 3.63) is 121 Å². The van der Waals surface area contributed by atoms with Crippen molar-refractivity contribution in [1.82, 2.24) is 19.6 Å². The molecule has 7 aromatic rings. The number of fused-ring (bicyclic) bond motifs is 4. The predicted octanol–water partition coefficient (Wildman–Crippen LogP) is 6.93. The number of para-hydroxylation sites is 1. The Hall–Kier alpha value is -4.74. The van der Waals surface area contributed by atoms with Gasteiger partial charge >= 0.3 is 0 Å². The Labute approximate surface area is 220 Å². The van der Waals surface area contributed by atoms with E-state index in [0.717, 1.165) is 33.4 Å². The zero-order valence-electron chi connectivity index (χ0n) is 20.8. The molecule has 5 aromatic carbocycles. The number of nitrogens with zero attached hydrogens (tertiary/aromatic N) is 4. The Balaban J connectivity index is 1.46. The maximum Gasteiger partial charge on any atom is 0.113 e. The second kappa shape index (κ2) is 9.29. The highest BCUT2D eigenvalue weighted by atomic mass is 16.3. The molecular formula is C33H26N4O. The quantitative estimate of drug-likeness (QED) is 0.273. The maximum atomic E-state index is 11.5. The molecule has 38 heavy (non-hydrogen) atoms. The average molecular weight is 495 g/mol. The van der Waals surface area contributed by atoms with Gasteiger partial charge in [-0.25, -0.2) is 4.68 Å². The fraction of sp³-hybridized carbons (Fsp3) is 0.0909. The van der Waals surface area contributed by atoms with Gasteiger partial charge in [0.1, 0.15) is 5.52 Å². The van der Waals surface area contributed by atoms with Crippen molar-refractivity contribution in [3.63, 3.8) is 0 Å². The van der Waals surface area contributed by atoms with Gasteiger partial charge < -0.3 is 9.67 Å². The summed E-state index contributed by atoms with van der Waals surface area (Å²) in [6, 6.07) is 41.8. The number of rotatable bonds is 6. The summed E-state index contributed by atoms with van der Waals surface area (Å²) in [5.41, 5.74) is 7.42. The summed E-state index contributed by atoms with van der Waals surface area (Å²) >= 11 is 0. The lowest BCUT2D eigenvalue weighted by atomic mass is 9.97. The number of hydrogen-bond donors (Lipinski definition) is 1. The first-order valence-electron chi connectivity index (χ1n) is 12.9. The van der Waals surface area contributed by atoms with E-state index in [0.29, 0.717) is 13.1 Å². The van der Waals surface area contributed by atoms with E-state index in [4.69, 9.17) is 0 Å². The van der Waals surface area contributed by atoms with Gasteiger partial charge in [0.25, 0.3) is 0 Å². The van der Waals surface area contributed by atoms with E-state index < -0.39 is 6.10 Å². The van der Waals surface area contributed by atoms with Gasteiger partial charge in [0.15, 0.2) is 0 Å². The second-order valence-electron chi connectivity index (χ2n) is 9.66. The van der Waals surface area contributed by atoms with Crippen molar-refractivity contribution in [2.75, 3.05) is 0 Å². The largest absolute Gasteiger partial charge is 0.389 e. The molecule has 0 fully saturated rings. The van der Waals surface area contributed by atoms with Crippen molar-refractivity contribution in [2.45, 2.75) is 19.2 Å². The monoisotopic (exact) mass is 494 g/mol. The fourth-order valence-electron chi connectivity index (χ4n) is 5.62. The van der Waals surface area contributed by atoms with Gasteiger partial charge in [-0.05, 0) is 28.6 Å². The van der Waals surface area contributed by atoms with Crippen LogP contribution in [0.1, 0.15) is 0 Å². The molecule has 0 saturated carbocycles. The van der Waals surface area contributed by atoms with Crippen molar-refractivity contribution < 1.29 is 5.11 Å². The molecule has 1 atom stereocenters. The predicted molar refractivity (Wildman–Crippen MR) is 154 cm³/mol. The van der Waals surface area contributed by atoms with Crippen molar-refractivity contribution in [2.24, 2.45) is 0 Å². The summed E-state index contributed by atoms with van der Waals surface area (Å²) in [6.45, 7) is 0.760. The van der Waals surface area contributed by atoms with Crippen LogP contribution in [0.3, 0.4) is 0 Å². The second-order valence-corrected chi connectivity index (χ2v) is 9.66. The zero-order chi connectivity index (χ0) is 25.5. The third-order valence-corrected chi connectivity index (χ3v) is 7.25. The number of aliphatic hydroxyl groups is 1. The fourth-order valence-corrected chi connectivity index (χ4v) is 5.62. The van der Waals surface area contributed by atoms with Gasteiger partial charge in [-0.1, -0.05) is 114 Å². The highest BCUT2D eigenvalue weighted by Crippen LogP contribution is 2.43. The van der Waals surface area contributed by atoms with E-state index in [2.05, 4.69) is 99.8 Å². The normalized spacial score (nSPS) is 12.4. The van der Waals surface area contributed by atoms with Gasteiger partial charge in [-0.15, -0.1) is 5.10 Å². The molecule has 7 rings (SSSR count). The molecule has 184 valence electrons. The first kappa shape index (κ1) is 22.5. The third kappa shape index (κ3) is 3.76. The summed E-state index contributed by atoms with van der Waals surface area (Å²) in [6.07, 6.45) is -0.680. The Bertz CT molecular complexity index is 1890. The standard InChI is InChI=1S/C33H26N4O/c38-26(22-37-30-18-10-9-17-29(30)34-35-37)21-36-32(25-14-5-2-6-15-25)31(24-12-3-1-4-13-24)28-20-19-23-11-7-8-16-27(23)33(28)36/h1-20,26,38H,21-22H2/t26-/m0/s1. The SMILES string of the molecule is O[C@H](Cn1nnc2ccccc21)Cn1c(-c2ccccc2)c(-c2ccccc2)c2ccc3ccccc3c21. The molecule has 0 bridgehead atoms. The van der Waals surface area contributed by atoms with Gasteiger partial charge in [-0.2, -0.15) is 0 Å². The van der Waals surface area contributed by atoms with Crippen LogP contribution in [0, 0.1) is 0 Å². The average Bonchev–Trinajstić information content (AvgIpc) is 3.53. The van der Waals surface area contributed by atoms with Gasteiger partial charge in [-0.3, -0.25) is 0 Å². The molecule has 2 heterocycles. The number of aromatic nitrogens is 4.